The Morgan fingerprint density at radius 3 is 2.24 bits per heavy atom. The number of nitrogens with zero attached hydrogens (tertiary/aromatic N) is 2. The molecule has 5 aliphatic heterocycles. The number of esters is 3. The summed E-state index contributed by atoms with van der Waals surface area (Å²) < 4.78 is 57.8. The van der Waals surface area contributed by atoms with Crippen LogP contribution in [0.25, 0.3) is 0 Å². The van der Waals surface area contributed by atoms with Crippen LogP contribution in [0.2, 0.25) is 0 Å². The minimum absolute atomic E-state index is 0.0690. The highest BCUT2D eigenvalue weighted by atomic mass is 16.7. The van der Waals surface area contributed by atoms with Crippen molar-refractivity contribution in [2.75, 3.05) is 41.4 Å². The first-order valence-electron chi connectivity index (χ1n) is 23.6. The first-order valence-corrected chi connectivity index (χ1v) is 23.6. The zero-order chi connectivity index (χ0) is 49.6. The summed E-state index contributed by atoms with van der Waals surface area (Å²) in [6.45, 7) is 19.5. The smallest absolute Gasteiger partial charge is 0.338 e. The fourth-order valence-electron chi connectivity index (χ4n) is 11.7. The number of aliphatic hydroxyl groups is 1. The van der Waals surface area contributed by atoms with Crippen molar-refractivity contribution >= 4 is 29.5 Å². The topological polar surface area (TPSA) is 195 Å². The Bertz CT molecular complexity index is 1990. The Kier molecular flexibility index (Phi) is 16.0. The Morgan fingerprint density at radius 1 is 0.955 bits per heavy atom. The largest absolute Gasteiger partial charge is 0.458 e. The summed E-state index contributed by atoms with van der Waals surface area (Å²) in [4.78, 5) is 76.3. The number of ketones is 2. The van der Waals surface area contributed by atoms with E-state index in [0.717, 1.165) is 0 Å². The van der Waals surface area contributed by atoms with Gasteiger partial charge < -0.3 is 52.6 Å². The summed E-state index contributed by atoms with van der Waals surface area (Å²) in [6, 6.07) is 7.29. The molecule has 5 heterocycles. The molecule has 17 nitrogen and oxygen atoms in total. The summed E-state index contributed by atoms with van der Waals surface area (Å²) in [7, 11) is 6.91. The number of benzene rings is 1. The molecule has 0 aliphatic carbocycles. The van der Waals surface area contributed by atoms with E-state index in [1.807, 2.05) is 37.7 Å². The third-order valence-corrected chi connectivity index (χ3v) is 15.2. The van der Waals surface area contributed by atoms with E-state index in [2.05, 4.69) is 6.58 Å². The van der Waals surface area contributed by atoms with Gasteiger partial charge in [0.05, 0.1) is 30.0 Å². The van der Waals surface area contributed by atoms with Crippen LogP contribution < -0.4 is 0 Å². The van der Waals surface area contributed by atoms with Gasteiger partial charge in [-0.25, -0.2) is 4.79 Å². The lowest BCUT2D eigenvalue weighted by Gasteiger charge is -2.50. The van der Waals surface area contributed by atoms with Gasteiger partial charge in [0.25, 0.3) is 0 Å². The lowest BCUT2D eigenvalue weighted by molar-refractivity contribution is -0.328. The zero-order valence-electron chi connectivity index (χ0n) is 41.6. The van der Waals surface area contributed by atoms with Gasteiger partial charge in [0.1, 0.15) is 47.8 Å². The minimum atomic E-state index is -1.74. The second kappa shape index (κ2) is 20.4. The van der Waals surface area contributed by atoms with Crippen molar-refractivity contribution in [3.63, 3.8) is 0 Å². The first kappa shape index (κ1) is 52.7. The van der Waals surface area contributed by atoms with Crippen LogP contribution in [0.3, 0.4) is 0 Å². The Balaban J connectivity index is 1.49. The highest BCUT2D eigenvalue weighted by Gasteiger charge is 2.71. The summed E-state index contributed by atoms with van der Waals surface area (Å²) >= 11 is 0. The fourth-order valence-corrected chi connectivity index (χ4v) is 11.7. The number of likely N-dealkylation sites (N-methyl/N-ethyl adjacent to an activating group) is 2. The van der Waals surface area contributed by atoms with Crippen LogP contribution in [-0.4, -0.2) is 170 Å². The van der Waals surface area contributed by atoms with E-state index < -0.39 is 131 Å². The predicted molar refractivity (Wildman–Crippen MR) is 242 cm³/mol. The van der Waals surface area contributed by atoms with Gasteiger partial charge in [0.15, 0.2) is 30.1 Å². The number of aliphatic hydroxyl groups excluding tert-OH is 1. The molecule has 1 aromatic carbocycles. The summed E-state index contributed by atoms with van der Waals surface area (Å²) in [6.07, 6.45) is -8.32. The van der Waals surface area contributed by atoms with Crippen molar-refractivity contribution in [3.8, 4) is 0 Å². The van der Waals surface area contributed by atoms with E-state index >= 15 is 9.59 Å². The van der Waals surface area contributed by atoms with E-state index in [1.165, 1.54) is 20.1 Å². The second-order valence-electron chi connectivity index (χ2n) is 20.6. The molecule has 6 rings (SSSR count). The van der Waals surface area contributed by atoms with E-state index in [4.69, 9.17) is 42.6 Å². The molecule has 0 saturated carbocycles. The van der Waals surface area contributed by atoms with Crippen molar-refractivity contribution in [2.45, 2.75) is 172 Å². The average Bonchev–Trinajstić information content (AvgIpc) is 3.74. The highest BCUT2D eigenvalue weighted by molar-refractivity contribution is 6.01. The van der Waals surface area contributed by atoms with Crippen LogP contribution in [0.1, 0.15) is 98.4 Å². The van der Waals surface area contributed by atoms with Crippen LogP contribution in [0.15, 0.2) is 43.0 Å². The maximum absolute atomic E-state index is 15.5. The van der Waals surface area contributed by atoms with Crippen LogP contribution in [-0.2, 0) is 61.8 Å². The molecule has 0 bridgehead atoms. The average molecular weight is 943 g/mol. The summed E-state index contributed by atoms with van der Waals surface area (Å²) in [5.41, 5.74) is -5.17. The van der Waals surface area contributed by atoms with Gasteiger partial charge in [-0.15, -0.1) is 6.58 Å². The van der Waals surface area contributed by atoms with Crippen LogP contribution in [0.5, 0.6) is 0 Å². The van der Waals surface area contributed by atoms with E-state index in [0.29, 0.717) is 12.0 Å². The molecule has 17 heteroatoms. The number of carbonyl (C=O) groups is 5. The molecular weight excluding hydrogens is 869 g/mol. The third kappa shape index (κ3) is 10.0. The van der Waals surface area contributed by atoms with Gasteiger partial charge in [0.2, 0.25) is 0 Å². The molecule has 5 saturated heterocycles. The fraction of sp³-hybridized carbons (Fsp3) is 0.740. The number of likely N-dealkylation sites (tertiary alicyclic amines) is 1. The molecule has 5 fully saturated rings. The van der Waals surface area contributed by atoms with Gasteiger partial charge >= 0.3 is 17.9 Å². The van der Waals surface area contributed by atoms with Gasteiger partial charge in [-0.3, -0.25) is 24.1 Å². The number of methoxy groups -OCH3 is 1. The normalized spacial score (nSPS) is 43.3. The van der Waals surface area contributed by atoms with Crippen molar-refractivity contribution in [2.24, 2.45) is 23.2 Å². The maximum atomic E-state index is 15.5. The molecule has 0 radical (unpaired) electrons. The third-order valence-electron chi connectivity index (χ3n) is 15.2. The van der Waals surface area contributed by atoms with Crippen molar-refractivity contribution in [1.82, 2.24) is 9.80 Å². The molecule has 0 amide bonds. The highest BCUT2D eigenvalue weighted by Crippen LogP contribution is 2.56. The number of carbonyl (C=O) groups excluding carboxylic acids is 5. The van der Waals surface area contributed by atoms with Gasteiger partial charge in [-0.1, -0.05) is 45.0 Å². The molecule has 4 unspecified atom stereocenters. The molecule has 1 aromatic rings. The standard InChI is InChI=1S/C50H74N2O15/c1-15-22-60-49(9)24-27(3)40(55)47(7)26-52(13)35-39(47)50(10,67-45(35)58)33(16-2)63-43(56)29(5)36(53)38(42(49)66-46-37(54)32(51(11)12)23-28(4)61-46)64-34-25-48(8,59-14)41(30(6)62-34)65-44(57)31-20-18-17-19-21-31/h15,17-21,27-30,32-35,37-39,41-42,46,54H,1,16,22-26H2,2-14H3/t27-,28-,29-,30+,32+,33+,34?,35?,37-,38+,39?,41+,42-,46+,47?,48-,49+,50-/m1/s1. The lowest BCUT2D eigenvalue weighted by Crippen LogP contribution is -2.64. The summed E-state index contributed by atoms with van der Waals surface area (Å²) in [5.74, 6) is -6.10. The van der Waals surface area contributed by atoms with Crippen LogP contribution in [0.4, 0.5) is 0 Å². The predicted octanol–water partition coefficient (Wildman–Crippen LogP) is 4.30. The summed E-state index contributed by atoms with van der Waals surface area (Å²) in [5, 5.41) is 11.9. The minimum Gasteiger partial charge on any atom is -0.458 e. The van der Waals surface area contributed by atoms with Crippen molar-refractivity contribution < 1.29 is 71.7 Å². The maximum Gasteiger partial charge on any atom is 0.338 e. The molecule has 374 valence electrons. The van der Waals surface area contributed by atoms with Gasteiger partial charge in [-0.05, 0) is 94.1 Å². The molecule has 1 N–H and O–H groups in total. The molecule has 0 aromatic heterocycles. The molecule has 18 atom stereocenters. The quantitative estimate of drug-likeness (QED) is 0.135. The molecule has 67 heavy (non-hydrogen) atoms. The first-order chi connectivity index (χ1) is 31.4. The van der Waals surface area contributed by atoms with E-state index in [9.17, 15) is 19.5 Å². The number of hydrogen-bond donors (Lipinski definition) is 1. The van der Waals surface area contributed by atoms with Crippen LogP contribution >= 0.6 is 0 Å². The molecule has 0 spiro atoms. The monoisotopic (exact) mass is 943 g/mol. The van der Waals surface area contributed by atoms with E-state index in [-0.39, 0.29) is 38.2 Å². The lowest BCUT2D eigenvalue weighted by atomic mass is 9.62. The Labute approximate surface area is 395 Å². The SMILES string of the molecule is C=CCO[C@@]1(C)C[C@@H](C)C(=O)C2(C)CN(C)C3C(=O)O[C@@](C)(C32)[C@H](CC)OC(=O)[C@H](C)C(=O)[C@H](OC2C[C@@](C)(OC)[C@@H](OC(=O)c3ccccc3)[C@H](C)O2)[C@H]1O[C@@H]1O[C@H](C)C[C@H](N(C)C)[C@H]1O. The number of rotatable bonds is 12. The molecule has 5 aliphatic rings. The Hall–Kier alpha value is -3.65. The van der Waals surface area contributed by atoms with Gasteiger partial charge in [-0.2, -0.15) is 0 Å². The number of ether oxygens (including phenoxy) is 9. The van der Waals surface area contributed by atoms with Crippen LogP contribution in [0, 0.1) is 23.2 Å². The van der Waals surface area contributed by atoms with E-state index in [1.54, 1.807) is 78.9 Å². The second-order valence-corrected chi connectivity index (χ2v) is 20.6. The Morgan fingerprint density at radius 2 is 1.63 bits per heavy atom. The number of Topliss-reactive ketones (excluding diaryl/α,β-unsaturated/α-hetero) is 2. The number of cyclic esters (lactones) is 1. The van der Waals surface area contributed by atoms with Crippen molar-refractivity contribution in [3.05, 3.63) is 48.6 Å². The zero-order valence-corrected chi connectivity index (χ0v) is 41.6. The molecular formula is C50H74N2O15. The van der Waals surface area contributed by atoms with Crippen molar-refractivity contribution in [1.29, 1.82) is 0 Å². The van der Waals surface area contributed by atoms with Gasteiger partial charge in [0, 0.05) is 43.4 Å². The number of hydrogen-bond acceptors (Lipinski definition) is 17.